The maximum atomic E-state index is 12.7. The van der Waals surface area contributed by atoms with Crippen LogP contribution < -0.4 is 0 Å². The Bertz CT molecular complexity index is 61.5. The number of aliphatic hydroxyl groups excluding tert-OH is 1. The van der Waals surface area contributed by atoms with E-state index in [0.717, 1.165) is 0 Å². The molecule has 0 aromatic heterocycles. The summed E-state index contributed by atoms with van der Waals surface area (Å²) in [4.78, 5) is 0. The molecule has 0 radical (unpaired) electrons. The zero-order valence-corrected chi connectivity index (χ0v) is 5.45. The second-order valence-corrected chi connectivity index (χ2v) is 2.24. The molecule has 0 aliphatic heterocycles. The van der Waals surface area contributed by atoms with Crippen molar-refractivity contribution in [2.75, 3.05) is 6.61 Å². The Balaban J connectivity index is 3.37. The van der Waals surface area contributed by atoms with Gasteiger partial charge in [-0.05, 0) is 13.3 Å². The molecule has 50 valence electrons. The van der Waals surface area contributed by atoms with E-state index in [1.165, 1.54) is 6.92 Å². The Morgan fingerprint density at radius 1 is 1.62 bits per heavy atom. The van der Waals surface area contributed by atoms with Crippen LogP contribution in [0, 0.1) is 0 Å². The van der Waals surface area contributed by atoms with Crippen LogP contribution in [-0.4, -0.2) is 17.4 Å². The molecular weight excluding hydrogens is 107 g/mol. The van der Waals surface area contributed by atoms with Crippen LogP contribution in [0.15, 0.2) is 0 Å². The lowest BCUT2D eigenvalue weighted by atomic mass is 10.0. The van der Waals surface area contributed by atoms with E-state index in [0.29, 0.717) is 6.42 Å². The summed E-state index contributed by atoms with van der Waals surface area (Å²) < 4.78 is 12.7. The molecule has 0 aliphatic carbocycles. The second kappa shape index (κ2) is 3.02. The van der Waals surface area contributed by atoms with Gasteiger partial charge in [-0.25, -0.2) is 4.39 Å². The number of rotatable bonds is 3. The molecule has 0 spiro atoms. The van der Waals surface area contributed by atoms with E-state index in [9.17, 15) is 4.39 Å². The Morgan fingerprint density at radius 3 is 2.25 bits per heavy atom. The maximum absolute atomic E-state index is 12.7. The van der Waals surface area contributed by atoms with Gasteiger partial charge in [-0.15, -0.1) is 0 Å². The van der Waals surface area contributed by atoms with Crippen LogP contribution in [0.2, 0.25) is 0 Å². The highest BCUT2D eigenvalue weighted by atomic mass is 19.1. The molecule has 0 aromatic rings. The van der Waals surface area contributed by atoms with Crippen LogP contribution in [0.4, 0.5) is 4.39 Å². The van der Waals surface area contributed by atoms with Crippen LogP contribution >= 0.6 is 0 Å². The predicted octanol–water partition coefficient (Wildman–Crippen LogP) is 1.51. The first-order valence-corrected chi connectivity index (χ1v) is 2.92. The molecule has 0 aromatic carbocycles. The Morgan fingerprint density at radius 2 is 2.12 bits per heavy atom. The summed E-state index contributed by atoms with van der Waals surface area (Å²) in [6, 6.07) is 0. The summed E-state index contributed by atoms with van der Waals surface area (Å²) in [6.45, 7) is 3.22. The minimum absolute atomic E-state index is 0.0547. The van der Waals surface area contributed by atoms with Crippen molar-refractivity contribution >= 4 is 0 Å². The van der Waals surface area contributed by atoms with Gasteiger partial charge in [0, 0.05) is 13.0 Å². The van der Waals surface area contributed by atoms with Crippen LogP contribution in [0.3, 0.4) is 0 Å². The summed E-state index contributed by atoms with van der Waals surface area (Å²) in [5.41, 5.74) is -1.16. The first kappa shape index (κ1) is 7.89. The van der Waals surface area contributed by atoms with Crippen LogP contribution in [0.1, 0.15) is 26.7 Å². The van der Waals surface area contributed by atoms with Gasteiger partial charge in [-0.3, -0.25) is 0 Å². The Hall–Kier alpha value is -0.110. The highest BCUT2D eigenvalue weighted by Crippen LogP contribution is 2.17. The van der Waals surface area contributed by atoms with Gasteiger partial charge in [0.2, 0.25) is 0 Å². The number of hydrogen-bond donors (Lipinski definition) is 1. The third kappa shape index (κ3) is 2.97. The fraction of sp³-hybridized carbons (Fsp3) is 1.00. The molecule has 0 saturated carbocycles. The molecule has 0 rings (SSSR count). The van der Waals surface area contributed by atoms with E-state index in [1.54, 1.807) is 6.92 Å². The second-order valence-electron chi connectivity index (χ2n) is 2.24. The fourth-order valence-corrected chi connectivity index (χ4v) is 0.410. The van der Waals surface area contributed by atoms with Crippen molar-refractivity contribution in [2.45, 2.75) is 32.4 Å². The maximum Gasteiger partial charge on any atom is 0.110 e. The van der Waals surface area contributed by atoms with Crippen molar-refractivity contribution in [3.05, 3.63) is 0 Å². The van der Waals surface area contributed by atoms with Gasteiger partial charge in [0.05, 0.1) is 0 Å². The molecule has 8 heavy (non-hydrogen) atoms. The summed E-state index contributed by atoms with van der Waals surface area (Å²) in [5, 5.41) is 8.29. The highest BCUT2D eigenvalue weighted by molar-refractivity contribution is 4.69. The van der Waals surface area contributed by atoms with Gasteiger partial charge in [0.25, 0.3) is 0 Å². The molecular formula is C6H13FO. The van der Waals surface area contributed by atoms with Gasteiger partial charge in [-0.1, -0.05) is 6.92 Å². The Labute approximate surface area is 49.5 Å². The van der Waals surface area contributed by atoms with Gasteiger partial charge < -0.3 is 5.11 Å². The number of alkyl halides is 1. The van der Waals surface area contributed by atoms with Crippen molar-refractivity contribution in [3.8, 4) is 0 Å². The van der Waals surface area contributed by atoms with Gasteiger partial charge in [-0.2, -0.15) is 0 Å². The highest BCUT2D eigenvalue weighted by Gasteiger charge is 2.18. The molecule has 0 aliphatic rings. The largest absolute Gasteiger partial charge is 0.396 e. The molecule has 0 fully saturated rings. The topological polar surface area (TPSA) is 20.2 Å². The first-order chi connectivity index (χ1) is 3.62. The molecule has 1 atom stereocenters. The van der Waals surface area contributed by atoms with E-state index in [1.807, 2.05) is 0 Å². The van der Waals surface area contributed by atoms with E-state index in [-0.39, 0.29) is 13.0 Å². The lowest BCUT2D eigenvalue weighted by Crippen LogP contribution is -2.17. The minimum atomic E-state index is -1.16. The molecule has 0 amide bonds. The van der Waals surface area contributed by atoms with Gasteiger partial charge >= 0.3 is 0 Å². The predicted molar refractivity (Wildman–Crippen MR) is 31.5 cm³/mol. The average molecular weight is 120 g/mol. The molecule has 1 nitrogen and oxygen atoms in total. The van der Waals surface area contributed by atoms with Crippen LogP contribution in [0.5, 0.6) is 0 Å². The summed E-state index contributed by atoms with van der Waals surface area (Å²) in [7, 11) is 0. The van der Waals surface area contributed by atoms with E-state index >= 15 is 0 Å². The van der Waals surface area contributed by atoms with Crippen LogP contribution in [0.25, 0.3) is 0 Å². The van der Waals surface area contributed by atoms with E-state index < -0.39 is 5.67 Å². The molecule has 0 saturated heterocycles. The first-order valence-electron chi connectivity index (χ1n) is 2.92. The lowest BCUT2D eigenvalue weighted by molar-refractivity contribution is 0.129. The molecule has 0 bridgehead atoms. The van der Waals surface area contributed by atoms with Crippen molar-refractivity contribution in [1.82, 2.24) is 0 Å². The number of halogens is 1. The number of aliphatic hydroxyl groups is 1. The van der Waals surface area contributed by atoms with Gasteiger partial charge in [0.1, 0.15) is 5.67 Å². The SMILES string of the molecule is CCC(C)(F)CCO. The monoisotopic (exact) mass is 120 g/mol. The number of hydrogen-bond acceptors (Lipinski definition) is 1. The quantitative estimate of drug-likeness (QED) is 0.598. The Kier molecular flexibility index (Phi) is 2.98. The minimum Gasteiger partial charge on any atom is -0.396 e. The third-order valence-electron chi connectivity index (χ3n) is 1.37. The van der Waals surface area contributed by atoms with E-state index in [4.69, 9.17) is 5.11 Å². The zero-order valence-electron chi connectivity index (χ0n) is 5.45. The van der Waals surface area contributed by atoms with Crippen molar-refractivity contribution in [1.29, 1.82) is 0 Å². The molecule has 1 N–H and O–H groups in total. The lowest BCUT2D eigenvalue weighted by Gasteiger charge is -2.15. The smallest absolute Gasteiger partial charge is 0.110 e. The van der Waals surface area contributed by atoms with Crippen LogP contribution in [-0.2, 0) is 0 Å². The van der Waals surface area contributed by atoms with Crippen molar-refractivity contribution in [3.63, 3.8) is 0 Å². The summed E-state index contributed by atoms with van der Waals surface area (Å²) in [5.74, 6) is 0. The fourth-order valence-electron chi connectivity index (χ4n) is 0.410. The zero-order chi connectivity index (χ0) is 6.62. The normalized spacial score (nSPS) is 18.0. The molecule has 2 heteroatoms. The average Bonchev–Trinajstić information content (AvgIpc) is 1.67. The van der Waals surface area contributed by atoms with Crippen molar-refractivity contribution in [2.24, 2.45) is 0 Å². The summed E-state index contributed by atoms with van der Waals surface area (Å²) >= 11 is 0. The molecule has 0 heterocycles. The van der Waals surface area contributed by atoms with Crippen molar-refractivity contribution < 1.29 is 9.50 Å². The third-order valence-corrected chi connectivity index (χ3v) is 1.37. The van der Waals surface area contributed by atoms with Gasteiger partial charge in [0.15, 0.2) is 0 Å². The summed E-state index contributed by atoms with van der Waals surface area (Å²) in [6.07, 6.45) is 0.733. The standard InChI is InChI=1S/C6H13FO/c1-3-6(2,7)4-5-8/h8H,3-5H2,1-2H3. The molecule has 1 unspecified atom stereocenters. The van der Waals surface area contributed by atoms with E-state index in [2.05, 4.69) is 0 Å².